The van der Waals surface area contributed by atoms with E-state index in [2.05, 4.69) is 16.3 Å². The Hall–Kier alpha value is -1.89. The molecule has 1 atom stereocenters. The zero-order valence-electron chi connectivity index (χ0n) is 13.8. The Morgan fingerprint density at radius 1 is 1.46 bits per heavy atom. The molecule has 1 fully saturated rings. The predicted octanol–water partition coefficient (Wildman–Crippen LogP) is 3.32. The fourth-order valence-corrected chi connectivity index (χ4v) is 3.90. The number of amidine groups is 1. The normalized spacial score (nSPS) is 17.8. The number of ether oxygens (including phenoxy) is 1. The second-order valence-corrected chi connectivity index (χ2v) is 6.80. The maximum atomic E-state index is 9.28. The molecular formula is C18H23N3O2S. The molecule has 128 valence electrons. The molecule has 3 rings (SSSR count). The predicted molar refractivity (Wildman–Crippen MR) is 98.4 cm³/mol. The number of aliphatic hydroxyl groups is 1. The first-order chi connectivity index (χ1) is 11.7. The summed E-state index contributed by atoms with van der Waals surface area (Å²) in [5.41, 5.74) is 2.01. The highest BCUT2D eigenvalue weighted by Gasteiger charge is 2.28. The zero-order valence-corrected chi connectivity index (χ0v) is 14.6. The first kappa shape index (κ1) is 17.0. The second-order valence-electron chi connectivity index (χ2n) is 5.85. The number of thiophene rings is 1. The molecule has 6 heteroatoms. The Labute approximate surface area is 146 Å². The van der Waals surface area contributed by atoms with Gasteiger partial charge in [-0.15, -0.1) is 11.3 Å². The average Bonchev–Trinajstić information content (AvgIpc) is 3.27. The third kappa shape index (κ3) is 3.61. The molecule has 1 aliphatic rings. The lowest BCUT2D eigenvalue weighted by molar-refractivity contribution is 0.183. The fourth-order valence-electron chi connectivity index (χ4n) is 3.27. The van der Waals surface area contributed by atoms with Gasteiger partial charge in [0.05, 0.1) is 18.6 Å². The van der Waals surface area contributed by atoms with E-state index in [0.29, 0.717) is 12.4 Å². The Bertz CT molecular complexity index is 688. The van der Waals surface area contributed by atoms with Gasteiger partial charge in [-0.05, 0) is 49.0 Å². The summed E-state index contributed by atoms with van der Waals surface area (Å²) in [4.78, 5) is 3.21. The number of benzene rings is 1. The Balaban J connectivity index is 1.84. The lowest BCUT2D eigenvalue weighted by Crippen LogP contribution is -2.26. The first-order valence-electron chi connectivity index (χ1n) is 8.15. The van der Waals surface area contributed by atoms with Crippen LogP contribution < -0.4 is 10.1 Å². The molecule has 0 spiro atoms. The van der Waals surface area contributed by atoms with Crippen LogP contribution in [0.1, 0.15) is 29.3 Å². The second kappa shape index (κ2) is 7.79. The molecule has 2 aromatic rings. The lowest BCUT2D eigenvalue weighted by atomic mass is 10.0. The van der Waals surface area contributed by atoms with Gasteiger partial charge in [0.15, 0.2) is 0 Å². The molecule has 1 unspecified atom stereocenters. The van der Waals surface area contributed by atoms with Crippen LogP contribution in [0.5, 0.6) is 5.75 Å². The fraction of sp³-hybridized carbons (Fsp3) is 0.389. The van der Waals surface area contributed by atoms with Crippen molar-refractivity contribution in [2.24, 2.45) is 0 Å². The van der Waals surface area contributed by atoms with Crippen molar-refractivity contribution < 1.29 is 9.84 Å². The van der Waals surface area contributed by atoms with Crippen LogP contribution in [0.4, 0.5) is 5.69 Å². The summed E-state index contributed by atoms with van der Waals surface area (Å²) in [5, 5.41) is 22.6. The van der Waals surface area contributed by atoms with Gasteiger partial charge in [-0.1, -0.05) is 6.07 Å². The number of β-amino-alcohol motifs (C(OH)–C–C–N with tert-alkyl or cyclic N) is 1. The minimum Gasteiger partial charge on any atom is -0.496 e. The van der Waals surface area contributed by atoms with E-state index in [1.54, 1.807) is 18.4 Å². The van der Waals surface area contributed by atoms with Crippen molar-refractivity contribution in [2.75, 3.05) is 32.1 Å². The van der Waals surface area contributed by atoms with Crippen molar-refractivity contribution in [1.82, 2.24) is 4.90 Å². The summed E-state index contributed by atoms with van der Waals surface area (Å²) in [6, 6.07) is 10.1. The van der Waals surface area contributed by atoms with E-state index in [9.17, 15) is 5.11 Å². The van der Waals surface area contributed by atoms with Gasteiger partial charge >= 0.3 is 0 Å². The van der Waals surface area contributed by atoms with Crippen LogP contribution in [-0.2, 0) is 0 Å². The largest absolute Gasteiger partial charge is 0.496 e. The van der Waals surface area contributed by atoms with E-state index in [1.807, 2.05) is 29.6 Å². The highest BCUT2D eigenvalue weighted by molar-refractivity contribution is 7.12. The van der Waals surface area contributed by atoms with Crippen LogP contribution >= 0.6 is 11.3 Å². The van der Waals surface area contributed by atoms with E-state index in [0.717, 1.165) is 41.3 Å². The van der Waals surface area contributed by atoms with Crippen LogP contribution in [0.3, 0.4) is 0 Å². The number of hydrogen-bond acceptors (Lipinski definition) is 5. The van der Waals surface area contributed by atoms with Crippen molar-refractivity contribution >= 4 is 22.9 Å². The van der Waals surface area contributed by atoms with E-state index in [-0.39, 0.29) is 12.6 Å². The number of rotatable bonds is 6. The smallest absolute Gasteiger partial charge is 0.140 e. The van der Waals surface area contributed by atoms with Crippen molar-refractivity contribution in [2.45, 2.75) is 18.9 Å². The highest BCUT2D eigenvalue weighted by atomic mass is 32.1. The van der Waals surface area contributed by atoms with Crippen LogP contribution in [0, 0.1) is 5.41 Å². The summed E-state index contributed by atoms with van der Waals surface area (Å²) >= 11 is 1.55. The number of likely N-dealkylation sites (tertiary alicyclic amines) is 1. The molecule has 1 saturated heterocycles. The van der Waals surface area contributed by atoms with E-state index >= 15 is 0 Å². The standard InChI is InChI=1S/C18H23N3O2S/c1-23-16-7-6-13(20-18(19)17-5-3-11-24-17)12-14(16)15-4-2-8-21(15)9-10-22/h3,5-7,11-12,15,22H,2,4,8-10H2,1H3,(H2,19,20). The molecule has 0 bridgehead atoms. The number of methoxy groups -OCH3 is 1. The zero-order chi connectivity index (χ0) is 16.9. The maximum Gasteiger partial charge on any atom is 0.140 e. The monoisotopic (exact) mass is 345 g/mol. The van der Waals surface area contributed by atoms with Gasteiger partial charge in [-0.25, -0.2) is 0 Å². The van der Waals surface area contributed by atoms with Gasteiger partial charge < -0.3 is 15.2 Å². The third-order valence-corrected chi connectivity index (χ3v) is 5.26. The molecule has 0 aliphatic carbocycles. The van der Waals surface area contributed by atoms with Crippen LogP contribution in [0.25, 0.3) is 0 Å². The molecule has 0 amide bonds. The van der Waals surface area contributed by atoms with Crippen molar-refractivity contribution in [3.8, 4) is 5.75 Å². The number of nitrogens with one attached hydrogen (secondary N) is 2. The molecule has 0 radical (unpaired) electrons. The van der Waals surface area contributed by atoms with Crippen molar-refractivity contribution in [1.29, 1.82) is 5.41 Å². The number of anilines is 1. The Morgan fingerprint density at radius 2 is 2.33 bits per heavy atom. The molecule has 1 aliphatic heterocycles. The van der Waals surface area contributed by atoms with Gasteiger partial charge in [0.25, 0.3) is 0 Å². The minimum absolute atomic E-state index is 0.166. The highest BCUT2D eigenvalue weighted by Crippen LogP contribution is 2.38. The number of nitrogens with zero attached hydrogens (tertiary/aromatic N) is 1. The van der Waals surface area contributed by atoms with E-state index < -0.39 is 0 Å². The molecule has 5 nitrogen and oxygen atoms in total. The average molecular weight is 345 g/mol. The molecular weight excluding hydrogens is 322 g/mol. The molecule has 1 aromatic carbocycles. The van der Waals surface area contributed by atoms with E-state index in [4.69, 9.17) is 10.1 Å². The molecule has 1 aromatic heterocycles. The van der Waals surface area contributed by atoms with Gasteiger partial charge in [0.2, 0.25) is 0 Å². The van der Waals surface area contributed by atoms with Gasteiger partial charge in [0, 0.05) is 23.8 Å². The third-order valence-electron chi connectivity index (χ3n) is 4.38. The summed E-state index contributed by atoms with van der Waals surface area (Å²) < 4.78 is 5.55. The number of hydrogen-bond donors (Lipinski definition) is 3. The first-order valence-corrected chi connectivity index (χ1v) is 9.03. The summed E-state index contributed by atoms with van der Waals surface area (Å²) in [6.45, 7) is 1.84. The van der Waals surface area contributed by atoms with Gasteiger partial charge in [-0.3, -0.25) is 10.3 Å². The van der Waals surface area contributed by atoms with E-state index in [1.165, 1.54) is 0 Å². The summed E-state index contributed by atoms with van der Waals surface area (Å²) in [6.07, 6.45) is 2.18. The summed E-state index contributed by atoms with van der Waals surface area (Å²) in [5.74, 6) is 1.26. The number of aliphatic hydroxyl groups excluding tert-OH is 1. The van der Waals surface area contributed by atoms with Gasteiger partial charge in [0.1, 0.15) is 11.6 Å². The Kier molecular flexibility index (Phi) is 5.50. The van der Waals surface area contributed by atoms with Crippen LogP contribution in [0.15, 0.2) is 35.7 Å². The van der Waals surface area contributed by atoms with Crippen molar-refractivity contribution in [3.05, 3.63) is 46.2 Å². The quantitative estimate of drug-likeness (QED) is 0.555. The van der Waals surface area contributed by atoms with Gasteiger partial charge in [-0.2, -0.15) is 0 Å². The minimum atomic E-state index is 0.166. The summed E-state index contributed by atoms with van der Waals surface area (Å²) in [7, 11) is 1.69. The lowest BCUT2D eigenvalue weighted by Gasteiger charge is -2.26. The van der Waals surface area contributed by atoms with Crippen LogP contribution in [0.2, 0.25) is 0 Å². The SMILES string of the molecule is COc1ccc(NC(=N)c2cccs2)cc1C1CCCN1CCO. The van der Waals surface area contributed by atoms with Crippen LogP contribution in [-0.4, -0.2) is 42.6 Å². The molecule has 24 heavy (non-hydrogen) atoms. The molecule has 3 N–H and O–H groups in total. The molecule has 2 heterocycles. The molecule has 0 saturated carbocycles. The topological polar surface area (TPSA) is 68.6 Å². The Morgan fingerprint density at radius 3 is 3.04 bits per heavy atom. The van der Waals surface area contributed by atoms with Crippen molar-refractivity contribution in [3.63, 3.8) is 0 Å². The maximum absolute atomic E-state index is 9.28.